The molecule has 1 aromatic heterocycles. The van der Waals surface area contributed by atoms with E-state index in [1.54, 1.807) is 0 Å². The molecule has 1 unspecified atom stereocenters. The third-order valence-corrected chi connectivity index (χ3v) is 7.44. The van der Waals surface area contributed by atoms with Crippen LogP contribution in [-0.2, 0) is 11.3 Å². The van der Waals surface area contributed by atoms with Crippen LogP contribution in [0.5, 0.6) is 17.2 Å². The fourth-order valence-corrected chi connectivity index (χ4v) is 5.54. The molecule has 2 aliphatic rings. The highest BCUT2D eigenvalue weighted by atomic mass is 16.6. The third-order valence-electron chi connectivity index (χ3n) is 7.44. The molecule has 1 amide bonds. The van der Waals surface area contributed by atoms with Gasteiger partial charge in [-0.1, -0.05) is 30.3 Å². The number of ether oxygens (including phenoxy) is 3. The summed E-state index contributed by atoms with van der Waals surface area (Å²) >= 11 is 0. The number of amides is 1. The number of carbonyl (C=O) groups excluding carboxylic acids is 1. The molecule has 0 spiro atoms. The molecule has 0 saturated carbocycles. The molecule has 4 aromatic rings. The van der Waals surface area contributed by atoms with Gasteiger partial charge in [0.15, 0.2) is 11.5 Å². The number of rotatable bonds is 8. The predicted molar refractivity (Wildman–Crippen MR) is 148 cm³/mol. The molecular weight excluding hydrogens is 478 g/mol. The second kappa shape index (κ2) is 10.4. The number of fused-ring (bicyclic) bond motifs is 2. The van der Waals surface area contributed by atoms with Crippen molar-refractivity contribution in [2.75, 3.05) is 31.3 Å². The van der Waals surface area contributed by atoms with Gasteiger partial charge in [0.2, 0.25) is 5.91 Å². The molecule has 1 saturated heterocycles. The number of hydrogen-bond acceptors (Lipinski definition) is 5. The van der Waals surface area contributed by atoms with Crippen LogP contribution >= 0.6 is 0 Å². The minimum atomic E-state index is 0.0222. The number of anilines is 1. The van der Waals surface area contributed by atoms with Gasteiger partial charge in [-0.3, -0.25) is 4.79 Å². The Morgan fingerprint density at radius 3 is 2.58 bits per heavy atom. The number of unbranched alkanes of at least 4 members (excludes halogenated alkanes) is 1. The molecule has 7 heteroatoms. The number of carbonyl (C=O) groups is 1. The topological polar surface area (TPSA) is 65.8 Å². The van der Waals surface area contributed by atoms with E-state index in [4.69, 9.17) is 19.2 Å². The van der Waals surface area contributed by atoms with Crippen LogP contribution in [0.3, 0.4) is 0 Å². The molecule has 0 bridgehead atoms. The normalized spacial score (nSPS) is 16.8. The maximum atomic E-state index is 13.1. The van der Waals surface area contributed by atoms with Gasteiger partial charge in [-0.2, -0.15) is 0 Å². The Balaban J connectivity index is 1.17. The lowest BCUT2D eigenvalue weighted by molar-refractivity contribution is -0.117. The van der Waals surface area contributed by atoms with Crippen molar-refractivity contribution in [3.05, 3.63) is 77.6 Å². The van der Waals surface area contributed by atoms with Crippen molar-refractivity contribution in [3.63, 3.8) is 0 Å². The summed E-state index contributed by atoms with van der Waals surface area (Å²) in [7, 11) is 0. The quantitative estimate of drug-likeness (QED) is 0.280. The number of aryl methyl sites for hydroxylation is 3. The first-order chi connectivity index (χ1) is 18.6. The maximum absolute atomic E-state index is 13.1. The van der Waals surface area contributed by atoms with Gasteiger partial charge in [-0.25, -0.2) is 4.98 Å². The van der Waals surface area contributed by atoms with Crippen LogP contribution in [0.4, 0.5) is 5.69 Å². The number of benzene rings is 3. The van der Waals surface area contributed by atoms with E-state index >= 15 is 0 Å². The van der Waals surface area contributed by atoms with E-state index < -0.39 is 0 Å². The first-order valence-corrected chi connectivity index (χ1v) is 13.4. The van der Waals surface area contributed by atoms with Gasteiger partial charge in [0.05, 0.1) is 17.6 Å². The average Bonchev–Trinajstić information content (AvgIpc) is 3.50. The summed E-state index contributed by atoms with van der Waals surface area (Å²) < 4.78 is 19.8. The van der Waals surface area contributed by atoms with Crippen molar-refractivity contribution >= 4 is 22.6 Å². The summed E-state index contributed by atoms with van der Waals surface area (Å²) in [5, 5.41) is 0. The molecule has 0 N–H and O–H groups in total. The molecular formula is C31H33N3O4. The van der Waals surface area contributed by atoms with E-state index in [1.807, 2.05) is 29.2 Å². The van der Waals surface area contributed by atoms with E-state index in [1.165, 1.54) is 11.1 Å². The Hall–Kier alpha value is -4.00. The van der Waals surface area contributed by atoms with Crippen LogP contribution in [-0.4, -0.2) is 41.8 Å². The zero-order valence-corrected chi connectivity index (χ0v) is 22.0. The summed E-state index contributed by atoms with van der Waals surface area (Å²) in [6, 6.07) is 20.2. The van der Waals surface area contributed by atoms with Crippen molar-refractivity contribution in [2.45, 2.75) is 45.6 Å². The Morgan fingerprint density at radius 1 is 0.947 bits per heavy atom. The van der Waals surface area contributed by atoms with E-state index in [0.29, 0.717) is 38.5 Å². The summed E-state index contributed by atoms with van der Waals surface area (Å²) in [5.41, 5.74) is 5.26. The van der Waals surface area contributed by atoms with Crippen LogP contribution in [0.2, 0.25) is 0 Å². The van der Waals surface area contributed by atoms with Gasteiger partial charge in [0.1, 0.15) is 24.8 Å². The molecule has 3 heterocycles. The van der Waals surface area contributed by atoms with Crippen molar-refractivity contribution in [3.8, 4) is 17.2 Å². The molecule has 0 aliphatic carbocycles. The summed E-state index contributed by atoms with van der Waals surface area (Å²) in [6.45, 7) is 7.34. The highest BCUT2D eigenvalue weighted by Crippen LogP contribution is 2.38. The van der Waals surface area contributed by atoms with E-state index in [0.717, 1.165) is 53.4 Å². The first kappa shape index (κ1) is 24.3. The molecule has 1 fully saturated rings. The fraction of sp³-hybridized carbons (Fsp3) is 0.355. The van der Waals surface area contributed by atoms with Crippen molar-refractivity contribution in [1.29, 1.82) is 0 Å². The van der Waals surface area contributed by atoms with Crippen LogP contribution in [0.25, 0.3) is 11.0 Å². The van der Waals surface area contributed by atoms with Crippen molar-refractivity contribution in [1.82, 2.24) is 9.55 Å². The van der Waals surface area contributed by atoms with Crippen LogP contribution < -0.4 is 19.1 Å². The van der Waals surface area contributed by atoms with Gasteiger partial charge in [-0.15, -0.1) is 0 Å². The van der Waals surface area contributed by atoms with Crippen LogP contribution in [0, 0.1) is 13.8 Å². The molecule has 0 radical (unpaired) electrons. The second-order valence-electron chi connectivity index (χ2n) is 10.1. The average molecular weight is 512 g/mol. The number of aromatic nitrogens is 2. The van der Waals surface area contributed by atoms with Gasteiger partial charge >= 0.3 is 0 Å². The Labute approximate surface area is 222 Å². The SMILES string of the molecule is Cc1cccc(C)c1OCCCCn1c(C2CC(=O)N(c3ccc4c(c3)OCCO4)C2)nc2ccccc21. The lowest BCUT2D eigenvalue weighted by atomic mass is 10.1. The van der Waals surface area contributed by atoms with E-state index in [2.05, 4.69) is 54.8 Å². The van der Waals surface area contributed by atoms with Crippen molar-refractivity contribution < 1.29 is 19.0 Å². The second-order valence-corrected chi connectivity index (χ2v) is 10.1. The van der Waals surface area contributed by atoms with E-state index in [9.17, 15) is 4.79 Å². The Morgan fingerprint density at radius 2 is 1.74 bits per heavy atom. The molecule has 7 nitrogen and oxygen atoms in total. The molecule has 3 aromatic carbocycles. The predicted octanol–water partition coefficient (Wildman–Crippen LogP) is 5.80. The fourth-order valence-electron chi connectivity index (χ4n) is 5.54. The number of hydrogen-bond donors (Lipinski definition) is 0. The third kappa shape index (κ3) is 4.69. The van der Waals surface area contributed by atoms with Crippen LogP contribution in [0.15, 0.2) is 60.7 Å². The molecule has 6 rings (SSSR count). The first-order valence-electron chi connectivity index (χ1n) is 13.4. The number of para-hydroxylation sites is 3. The highest BCUT2D eigenvalue weighted by Gasteiger charge is 2.35. The summed E-state index contributed by atoms with van der Waals surface area (Å²) in [6.07, 6.45) is 2.34. The monoisotopic (exact) mass is 511 g/mol. The van der Waals surface area contributed by atoms with Crippen LogP contribution in [0.1, 0.15) is 42.1 Å². The van der Waals surface area contributed by atoms with Crippen molar-refractivity contribution in [2.24, 2.45) is 0 Å². The Kier molecular flexibility index (Phi) is 6.66. The Bertz CT molecular complexity index is 1460. The van der Waals surface area contributed by atoms with Gasteiger partial charge in [-0.05, 0) is 62.1 Å². The van der Waals surface area contributed by atoms with E-state index in [-0.39, 0.29) is 11.8 Å². The zero-order valence-electron chi connectivity index (χ0n) is 22.0. The maximum Gasteiger partial charge on any atom is 0.227 e. The molecule has 38 heavy (non-hydrogen) atoms. The van der Waals surface area contributed by atoms with Gasteiger partial charge in [0.25, 0.3) is 0 Å². The number of imidazole rings is 1. The summed E-state index contributed by atoms with van der Waals surface area (Å²) in [4.78, 5) is 20.0. The van der Waals surface area contributed by atoms with Gasteiger partial charge in [0, 0.05) is 37.2 Å². The minimum absolute atomic E-state index is 0.0222. The minimum Gasteiger partial charge on any atom is -0.493 e. The molecule has 2 aliphatic heterocycles. The molecule has 196 valence electrons. The lowest BCUT2D eigenvalue weighted by Gasteiger charge is -2.22. The van der Waals surface area contributed by atoms with Gasteiger partial charge < -0.3 is 23.7 Å². The largest absolute Gasteiger partial charge is 0.493 e. The molecule has 1 atom stereocenters. The summed E-state index contributed by atoms with van der Waals surface area (Å²) in [5.74, 6) is 3.52. The lowest BCUT2D eigenvalue weighted by Crippen LogP contribution is -2.25. The standard InChI is InChI=1S/C31H33N3O4/c1-21-8-7-9-22(2)30(21)38-15-6-5-14-33-26-11-4-3-10-25(26)32-31(33)23-18-29(35)34(20-23)24-12-13-27-28(19-24)37-17-16-36-27/h3-4,7-13,19,23H,5-6,14-18,20H2,1-2H3. The smallest absolute Gasteiger partial charge is 0.227 e. The number of nitrogens with zero attached hydrogens (tertiary/aromatic N) is 3. The zero-order chi connectivity index (χ0) is 26.1. The highest BCUT2D eigenvalue weighted by molar-refractivity contribution is 5.97.